The predicted octanol–water partition coefficient (Wildman–Crippen LogP) is 2.39. The number of para-hydroxylation sites is 1. The van der Waals surface area contributed by atoms with Crippen molar-refractivity contribution in [3.8, 4) is 11.5 Å². The van der Waals surface area contributed by atoms with Crippen LogP contribution in [-0.4, -0.2) is 0 Å². The quantitative estimate of drug-likeness (QED) is 0.771. The van der Waals surface area contributed by atoms with Crippen LogP contribution in [0.1, 0.15) is 11.7 Å². The van der Waals surface area contributed by atoms with Crippen LogP contribution in [0.4, 0.5) is 0 Å². The van der Waals surface area contributed by atoms with Crippen LogP contribution in [0, 0.1) is 0 Å². The summed E-state index contributed by atoms with van der Waals surface area (Å²) in [5.74, 6) is 1.59. The molecule has 0 aromatic heterocycles. The molecule has 0 saturated carbocycles. The predicted molar refractivity (Wildman–Crippen MR) is 64.1 cm³/mol. The Bertz CT molecular complexity index is 437. The van der Waals surface area contributed by atoms with Gasteiger partial charge in [-0.3, -0.25) is 0 Å². The minimum atomic E-state index is -0.439. The molecule has 0 bridgehead atoms. The molecule has 0 amide bonds. The van der Waals surface area contributed by atoms with E-state index in [1.165, 1.54) is 0 Å². The fourth-order valence-electron chi connectivity index (χ4n) is 1.38. The van der Waals surface area contributed by atoms with E-state index >= 15 is 0 Å². The van der Waals surface area contributed by atoms with Gasteiger partial charge < -0.3 is 16.2 Å². The first kappa shape index (κ1) is 10.7. The second kappa shape index (κ2) is 4.79. The summed E-state index contributed by atoms with van der Waals surface area (Å²) in [4.78, 5) is 0. The monoisotopic (exact) mass is 214 g/mol. The van der Waals surface area contributed by atoms with E-state index in [0.29, 0.717) is 0 Å². The first-order chi connectivity index (χ1) is 7.75. The Labute approximate surface area is 94.6 Å². The molecule has 0 fully saturated rings. The van der Waals surface area contributed by atoms with E-state index in [2.05, 4.69) is 0 Å². The van der Waals surface area contributed by atoms with Gasteiger partial charge in [-0.05, 0) is 29.8 Å². The molecule has 3 heteroatoms. The van der Waals surface area contributed by atoms with Crippen molar-refractivity contribution in [3.05, 3.63) is 60.2 Å². The van der Waals surface area contributed by atoms with Crippen molar-refractivity contribution in [1.82, 2.24) is 0 Å². The molecule has 0 atom stereocenters. The number of hydrogen-bond acceptors (Lipinski definition) is 3. The highest BCUT2D eigenvalue weighted by Crippen LogP contribution is 2.21. The molecule has 0 aliphatic carbocycles. The van der Waals surface area contributed by atoms with Crippen molar-refractivity contribution in [1.29, 1.82) is 0 Å². The van der Waals surface area contributed by atoms with Crippen LogP contribution in [0.15, 0.2) is 54.6 Å². The number of benzene rings is 2. The Kier molecular flexibility index (Phi) is 3.19. The van der Waals surface area contributed by atoms with Gasteiger partial charge in [-0.15, -0.1) is 0 Å². The summed E-state index contributed by atoms with van der Waals surface area (Å²) in [6.45, 7) is 0. The summed E-state index contributed by atoms with van der Waals surface area (Å²) in [7, 11) is 0. The SMILES string of the molecule is NC(N)c1ccc(Oc2ccccc2)cc1. The lowest BCUT2D eigenvalue weighted by Gasteiger charge is -2.08. The number of hydrogen-bond donors (Lipinski definition) is 2. The zero-order valence-electron chi connectivity index (χ0n) is 8.84. The highest BCUT2D eigenvalue weighted by atomic mass is 16.5. The highest BCUT2D eigenvalue weighted by molar-refractivity contribution is 5.33. The fraction of sp³-hybridized carbons (Fsp3) is 0.0769. The van der Waals surface area contributed by atoms with Crippen LogP contribution >= 0.6 is 0 Å². The maximum atomic E-state index is 5.63. The number of nitrogens with two attached hydrogens (primary N) is 2. The second-order valence-corrected chi connectivity index (χ2v) is 3.51. The third kappa shape index (κ3) is 2.59. The molecule has 2 aromatic carbocycles. The number of rotatable bonds is 3. The first-order valence-electron chi connectivity index (χ1n) is 5.10. The summed E-state index contributed by atoms with van der Waals surface area (Å²) in [6.07, 6.45) is -0.439. The second-order valence-electron chi connectivity index (χ2n) is 3.51. The molecule has 0 heterocycles. The molecule has 82 valence electrons. The Hall–Kier alpha value is -1.84. The van der Waals surface area contributed by atoms with E-state index in [-0.39, 0.29) is 0 Å². The molecular formula is C13H14N2O. The van der Waals surface area contributed by atoms with Crippen molar-refractivity contribution >= 4 is 0 Å². The number of ether oxygens (including phenoxy) is 1. The Morgan fingerprint density at radius 3 is 1.88 bits per heavy atom. The molecular weight excluding hydrogens is 200 g/mol. The zero-order valence-corrected chi connectivity index (χ0v) is 8.84. The van der Waals surface area contributed by atoms with Crippen molar-refractivity contribution in [2.24, 2.45) is 11.5 Å². The van der Waals surface area contributed by atoms with E-state index in [1.54, 1.807) is 0 Å². The minimum Gasteiger partial charge on any atom is -0.457 e. The summed E-state index contributed by atoms with van der Waals surface area (Å²) >= 11 is 0. The van der Waals surface area contributed by atoms with Crippen LogP contribution < -0.4 is 16.2 Å². The molecule has 16 heavy (non-hydrogen) atoms. The molecule has 0 aliphatic rings. The lowest BCUT2D eigenvalue weighted by molar-refractivity contribution is 0.482. The van der Waals surface area contributed by atoms with Crippen molar-refractivity contribution in [3.63, 3.8) is 0 Å². The molecule has 2 rings (SSSR count). The summed E-state index contributed by atoms with van der Waals surface area (Å²) < 4.78 is 5.63. The average molecular weight is 214 g/mol. The fourth-order valence-corrected chi connectivity index (χ4v) is 1.38. The van der Waals surface area contributed by atoms with Gasteiger partial charge in [-0.2, -0.15) is 0 Å². The standard InChI is InChI=1S/C13H14N2O/c14-13(15)10-6-8-12(9-7-10)16-11-4-2-1-3-5-11/h1-9,13H,14-15H2. The molecule has 3 nitrogen and oxygen atoms in total. The van der Waals surface area contributed by atoms with Crippen molar-refractivity contribution < 1.29 is 4.74 Å². The van der Waals surface area contributed by atoms with E-state index < -0.39 is 6.17 Å². The largest absolute Gasteiger partial charge is 0.457 e. The van der Waals surface area contributed by atoms with Gasteiger partial charge in [0.15, 0.2) is 0 Å². The van der Waals surface area contributed by atoms with Gasteiger partial charge in [0.25, 0.3) is 0 Å². The average Bonchev–Trinajstić information content (AvgIpc) is 2.31. The van der Waals surface area contributed by atoms with Crippen molar-refractivity contribution in [2.45, 2.75) is 6.17 Å². The Balaban J connectivity index is 2.11. The maximum absolute atomic E-state index is 5.63. The molecule has 0 saturated heterocycles. The van der Waals surface area contributed by atoms with Gasteiger partial charge in [-0.1, -0.05) is 30.3 Å². The Morgan fingerprint density at radius 1 is 0.750 bits per heavy atom. The minimum absolute atomic E-state index is 0.439. The van der Waals surface area contributed by atoms with E-state index in [9.17, 15) is 0 Å². The van der Waals surface area contributed by atoms with Crippen LogP contribution in [0.2, 0.25) is 0 Å². The summed E-state index contributed by atoms with van der Waals surface area (Å²) in [5.41, 5.74) is 12.0. The normalized spacial score (nSPS) is 10.4. The summed E-state index contributed by atoms with van der Waals surface area (Å²) in [5, 5.41) is 0. The lowest BCUT2D eigenvalue weighted by Crippen LogP contribution is -2.19. The third-order valence-electron chi connectivity index (χ3n) is 2.24. The van der Waals surface area contributed by atoms with Gasteiger partial charge in [-0.25, -0.2) is 0 Å². The van der Waals surface area contributed by atoms with Gasteiger partial charge in [0.1, 0.15) is 11.5 Å². The van der Waals surface area contributed by atoms with E-state index in [1.807, 2.05) is 54.6 Å². The Morgan fingerprint density at radius 2 is 1.31 bits per heavy atom. The van der Waals surface area contributed by atoms with Gasteiger partial charge in [0.05, 0.1) is 6.17 Å². The van der Waals surface area contributed by atoms with Crippen LogP contribution in [0.25, 0.3) is 0 Å². The maximum Gasteiger partial charge on any atom is 0.127 e. The van der Waals surface area contributed by atoms with Crippen molar-refractivity contribution in [2.75, 3.05) is 0 Å². The highest BCUT2D eigenvalue weighted by Gasteiger charge is 2.00. The topological polar surface area (TPSA) is 61.3 Å². The van der Waals surface area contributed by atoms with E-state index in [0.717, 1.165) is 17.1 Å². The molecule has 0 aliphatic heterocycles. The van der Waals surface area contributed by atoms with Crippen LogP contribution in [0.3, 0.4) is 0 Å². The lowest BCUT2D eigenvalue weighted by atomic mass is 10.2. The molecule has 0 spiro atoms. The molecule has 2 aromatic rings. The summed E-state index contributed by atoms with van der Waals surface area (Å²) in [6, 6.07) is 17.1. The smallest absolute Gasteiger partial charge is 0.127 e. The van der Waals surface area contributed by atoms with Crippen LogP contribution in [0.5, 0.6) is 11.5 Å². The first-order valence-corrected chi connectivity index (χ1v) is 5.10. The zero-order chi connectivity index (χ0) is 11.4. The van der Waals surface area contributed by atoms with E-state index in [4.69, 9.17) is 16.2 Å². The molecule has 0 radical (unpaired) electrons. The molecule has 4 N–H and O–H groups in total. The van der Waals surface area contributed by atoms with Gasteiger partial charge in [0, 0.05) is 0 Å². The van der Waals surface area contributed by atoms with Gasteiger partial charge >= 0.3 is 0 Å². The van der Waals surface area contributed by atoms with Crippen LogP contribution in [-0.2, 0) is 0 Å². The third-order valence-corrected chi connectivity index (χ3v) is 2.24. The molecule has 0 unspecified atom stereocenters. The van der Waals surface area contributed by atoms with Gasteiger partial charge in [0.2, 0.25) is 0 Å².